The van der Waals surface area contributed by atoms with Crippen LogP contribution in [0.15, 0.2) is 30.5 Å². The highest BCUT2D eigenvalue weighted by Gasteiger charge is 2.20. The number of hydrogen-bond donors (Lipinski definition) is 1. The monoisotopic (exact) mass is 209 g/mol. The third kappa shape index (κ3) is 2.35. The Balaban J connectivity index is 2.22. The van der Waals surface area contributed by atoms with Gasteiger partial charge in [-0.2, -0.15) is 0 Å². The molecule has 0 aliphatic heterocycles. The molecule has 3 heteroatoms. The zero-order valence-electron chi connectivity index (χ0n) is 8.56. The lowest BCUT2D eigenvalue weighted by atomic mass is 10.1. The Morgan fingerprint density at radius 1 is 1.27 bits per heavy atom. The molecule has 1 aromatic carbocycles. The van der Waals surface area contributed by atoms with Crippen LogP contribution in [0.25, 0.3) is 10.9 Å². The van der Waals surface area contributed by atoms with E-state index in [-0.39, 0.29) is 6.42 Å². The van der Waals surface area contributed by atoms with Crippen molar-refractivity contribution in [3.05, 3.63) is 36.0 Å². The van der Waals surface area contributed by atoms with Gasteiger partial charge in [-0.25, -0.2) is 8.78 Å². The summed E-state index contributed by atoms with van der Waals surface area (Å²) in [7, 11) is 0. The van der Waals surface area contributed by atoms with Crippen LogP contribution in [0.4, 0.5) is 8.78 Å². The van der Waals surface area contributed by atoms with Crippen molar-refractivity contribution < 1.29 is 8.78 Å². The van der Waals surface area contributed by atoms with Gasteiger partial charge in [0.1, 0.15) is 0 Å². The van der Waals surface area contributed by atoms with Gasteiger partial charge in [-0.15, -0.1) is 0 Å². The van der Waals surface area contributed by atoms with Gasteiger partial charge in [0, 0.05) is 23.5 Å². The molecule has 0 fully saturated rings. The number of aromatic amines is 1. The summed E-state index contributed by atoms with van der Waals surface area (Å²) in [6, 6.07) is 7.75. The zero-order chi connectivity index (χ0) is 10.9. The quantitative estimate of drug-likeness (QED) is 0.792. The van der Waals surface area contributed by atoms with Gasteiger partial charge in [0.05, 0.1) is 0 Å². The average Bonchev–Trinajstić information content (AvgIpc) is 2.57. The fourth-order valence-electron chi connectivity index (χ4n) is 1.69. The Labute approximate surface area is 87.1 Å². The first-order chi connectivity index (χ1) is 7.06. The smallest absolute Gasteiger partial charge is 0.245 e. The summed E-state index contributed by atoms with van der Waals surface area (Å²) in [5.74, 6) is -2.58. The van der Waals surface area contributed by atoms with E-state index in [9.17, 15) is 8.78 Å². The van der Waals surface area contributed by atoms with E-state index in [0.717, 1.165) is 23.4 Å². The number of H-pyrrole nitrogens is 1. The average molecular weight is 209 g/mol. The maximum Gasteiger partial charge on any atom is 0.245 e. The molecule has 0 amide bonds. The molecule has 1 aromatic heterocycles. The van der Waals surface area contributed by atoms with Crippen LogP contribution in [0.1, 0.15) is 18.9 Å². The highest BCUT2D eigenvalue weighted by molar-refractivity contribution is 5.82. The molecular formula is C12H13F2N. The molecule has 15 heavy (non-hydrogen) atoms. The Bertz CT molecular complexity index is 454. The Kier molecular flexibility index (Phi) is 2.47. The third-order valence-corrected chi connectivity index (χ3v) is 2.51. The lowest BCUT2D eigenvalue weighted by Gasteiger charge is -2.08. The molecule has 1 heterocycles. The summed E-state index contributed by atoms with van der Waals surface area (Å²) in [6.45, 7) is 0.960. The van der Waals surface area contributed by atoms with E-state index >= 15 is 0 Å². The van der Waals surface area contributed by atoms with Gasteiger partial charge in [-0.05, 0) is 25.0 Å². The first-order valence-electron chi connectivity index (χ1n) is 4.99. The number of para-hydroxylation sites is 1. The number of alkyl halides is 2. The number of benzene rings is 1. The molecule has 0 spiro atoms. The zero-order valence-corrected chi connectivity index (χ0v) is 8.56. The number of fused-ring (bicyclic) bond motifs is 1. The molecule has 0 radical (unpaired) electrons. The Morgan fingerprint density at radius 2 is 2.00 bits per heavy atom. The van der Waals surface area contributed by atoms with Gasteiger partial charge in [0.2, 0.25) is 5.92 Å². The van der Waals surface area contributed by atoms with Crippen molar-refractivity contribution in [3.63, 3.8) is 0 Å². The SMILES string of the molecule is CC(F)(F)CCc1c[nH]c2ccccc12. The molecule has 1 N–H and O–H groups in total. The largest absolute Gasteiger partial charge is 0.361 e. The van der Waals surface area contributed by atoms with Crippen molar-refractivity contribution in [1.82, 2.24) is 4.98 Å². The summed E-state index contributed by atoms with van der Waals surface area (Å²) < 4.78 is 25.4. The molecule has 2 aromatic rings. The van der Waals surface area contributed by atoms with Crippen molar-refractivity contribution in [2.75, 3.05) is 0 Å². The second-order valence-corrected chi connectivity index (χ2v) is 3.93. The standard InChI is InChI=1S/C12H13F2N/c1-12(13,14)7-6-9-8-15-11-5-3-2-4-10(9)11/h2-5,8,15H,6-7H2,1H3. The number of rotatable bonds is 3. The van der Waals surface area contributed by atoms with Gasteiger partial charge >= 0.3 is 0 Å². The molecular weight excluding hydrogens is 196 g/mol. The van der Waals surface area contributed by atoms with Crippen molar-refractivity contribution >= 4 is 10.9 Å². The van der Waals surface area contributed by atoms with Crippen molar-refractivity contribution in [2.24, 2.45) is 0 Å². The van der Waals surface area contributed by atoms with Gasteiger partial charge in [0.25, 0.3) is 0 Å². The minimum atomic E-state index is -2.58. The number of aryl methyl sites for hydroxylation is 1. The second kappa shape index (κ2) is 3.65. The summed E-state index contributed by atoms with van der Waals surface area (Å²) in [6.07, 6.45) is 2.12. The fraction of sp³-hybridized carbons (Fsp3) is 0.333. The molecule has 80 valence electrons. The van der Waals surface area contributed by atoms with E-state index in [1.165, 1.54) is 0 Å². The van der Waals surface area contributed by atoms with E-state index in [1.807, 2.05) is 30.5 Å². The highest BCUT2D eigenvalue weighted by Crippen LogP contribution is 2.24. The number of halogens is 2. The third-order valence-electron chi connectivity index (χ3n) is 2.51. The molecule has 0 atom stereocenters. The van der Waals surface area contributed by atoms with Crippen LogP contribution in [0.5, 0.6) is 0 Å². The van der Waals surface area contributed by atoms with Crippen LogP contribution in [0, 0.1) is 0 Å². The minimum absolute atomic E-state index is 0.102. The topological polar surface area (TPSA) is 15.8 Å². The van der Waals surface area contributed by atoms with Crippen LogP contribution in [0.3, 0.4) is 0 Å². The van der Waals surface area contributed by atoms with Gasteiger partial charge in [-0.1, -0.05) is 18.2 Å². The van der Waals surface area contributed by atoms with Crippen molar-refractivity contribution in [1.29, 1.82) is 0 Å². The van der Waals surface area contributed by atoms with E-state index in [4.69, 9.17) is 0 Å². The molecule has 0 saturated carbocycles. The summed E-state index contributed by atoms with van der Waals surface area (Å²) >= 11 is 0. The van der Waals surface area contributed by atoms with Crippen LogP contribution in [-0.4, -0.2) is 10.9 Å². The molecule has 0 aliphatic rings. The number of aromatic nitrogens is 1. The van der Waals surface area contributed by atoms with Crippen LogP contribution >= 0.6 is 0 Å². The second-order valence-electron chi connectivity index (χ2n) is 3.93. The van der Waals surface area contributed by atoms with Gasteiger partial charge in [0.15, 0.2) is 0 Å². The summed E-state index contributed by atoms with van der Waals surface area (Å²) in [5, 5.41) is 1.04. The molecule has 2 rings (SSSR count). The first kappa shape index (κ1) is 10.1. The lowest BCUT2D eigenvalue weighted by Crippen LogP contribution is -2.10. The number of hydrogen-bond acceptors (Lipinski definition) is 0. The molecule has 0 saturated heterocycles. The lowest BCUT2D eigenvalue weighted by molar-refractivity contribution is 0.0134. The van der Waals surface area contributed by atoms with Crippen LogP contribution < -0.4 is 0 Å². The highest BCUT2D eigenvalue weighted by atomic mass is 19.3. The van der Waals surface area contributed by atoms with E-state index in [0.29, 0.717) is 6.42 Å². The molecule has 0 aliphatic carbocycles. The van der Waals surface area contributed by atoms with Crippen molar-refractivity contribution in [2.45, 2.75) is 25.7 Å². The normalized spacial score (nSPS) is 12.2. The van der Waals surface area contributed by atoms with E-state index in [2.05, 4.69) is 4.98 Å². The van der Waals surface area contributed by atoms with Gasteiger partial charge in [-0.3, -0.25) is 0 Å². The minimum Gasteiger partial charge on any atom is -0.361 e. The predicted octanol–water partition coefficient (Wildman–Crippen LogP) is 3.76. The van der Waals surface area contributed by atoms with E-state index < -0.39 is 5.92 Å². The van der Waals surface area contributed by atoms with Gasteiger partial charge < -0.3 is 4.98 Å². The molecule has 0 unspecified atom stereocenters. The van der Waals surface area contributed by atoms with Crippen LogP contribution in [0.2, 0.25) is 0 Å². The molecule has 1 nitrogen and oxygen atoms in total. The number of nitrogens with one attached hydrogen (secondary N) is 1. The first-order valence-corrected chi connectivity index (χ1v) is 4.99. The summed E-state index contributed by atoms with van der Waals surface area (Å²) in [5.41, 5.74) is 1.97. The van der Waals surface area contributed by atoms with Crippen molar-refractivity contribution in [3.8, 4) is 0 Å². The van der Waals surface area contributed by atoms with Crippen LogP contribution in [-0.2, 0) is 6.42 Å². The maximum atomic E-state index is 12.7. The fourth-order valence-corrected chi connectivity index (χ4v) is 1.69. The maximum absolute atomic E-state index is 12.7. The summed E-state index contributed by atoms with van der Waals surface area (Å²) in [4.78, 5) is 3.08. The molecule has 0 bridgehead atoms. The Morgan fingerprint density at radius 3 is 2.73 bits per heavy atom. The predicted molar refractivity (Wildman–Crippen MR) is 57.2 cm³/mol. The van der Waals surface area contributed by atoms with E-state index in [1.54, 1.807) is 0 Å². The Hall–Kier alpha value is -1.38.